The van der Waals surface area contributed by atoms with Crippen molar-refractivity contribution < 1.29 is 14.3 Å². The predicted molar refractivity (Wildman–Crippen MR) is 108 cm³/mol. The van der Waals surface area contributed by atoms with E-state index in [1.807, 2.05) is 49.4 Å². The molecule has 0 aromatic heterocycles. The second-order valence-electron chi connectivity index (χ2n) is 6.11. The van der Waals surface area contributed by atoms with E-state index in [9.17, 15) is 9.59 Å². The number of para-hydroxylation sites is 2. The topological polar surface area (TPSA) is 58.6 Å². The fourth-order valence-electron chi connectivity index (χ4n) is 2.64. The number of nitrogens with one attached hydrogen (secondary N) is 1. The third-order valence-corrected chi connectivity index (χ3v) is 4.35. The van der Waals surface area contributed by atoms with Gasteiger partial charge >= 0.3 is 0 Å². The molecular formula is C21H25ClN2O3. The standard InChI is InChI=1S/C21H25ClN2O3/c1-3-27-20-7-5-4-6-19(20)23-21(26)13-15-24(16(2)25)14-12-17-8-10-18(22)11-9-17/h4-11H,3,12-15H2,1-2H3,(H,23,26). The highest BCUT2D eigenvalue weighted by atomic mass is 35.5. The minimum absolute atomic E-state index is 0.0496. The van der Waals surface area contributed by atoms with Crippen molar-refractivity contribution in [1.29, 1.82) is 0 Å². The zero-order chi connectivity index (χ0) is 19.6. The van der Waals surface area contributed by atoms with Gasteiger partial charge in [0, 0.05) is 31.5 Å². The van der Waals surface area contributed by atoms with Gasteiger partial charge in [-0.2, -0.15) is 0 Å². The molecule has 5 nitrogen and oxygen atoms in total. The Morgan fingerprint density at radius 3 is 2.44 bits per heavy atom. The van der Waals surface area contributed by atoms with E-state index in [-0.39, 0.29) is 18.2 Å². The number of rotatable bonds is 9. The first-order chi connectivity index (χ1) is 13.0. The smallest absolute Gasteiger partial charge is 0.226 e. The Morgan fingerprint density at radius 1 is 1.07 bits per heavy atom. The number of ether oxygens (including phenoxy) is 1. The van der Waals surface area contributed by atoms with Crippen LogP contribution in [-0.2, 0) is 16.0 Å². The molecule has 0 heterocycles. The first kappa shape index (κ1) is 20.8. The van der Waals surface area contributed by atoms with Crippen LogP contribution in [0.1, 0.15) is 25.8 Å². The number of halogens is 1. The molecule has 6 heteroatoms. The molecule has 0 saturated heterocycles. The lowest BCUT2D eigenvalue weighted by atomic mass is 10.1. The van der Waals surface area contributed by atoms with Crippen molar-refractivity contribution in [3.63, 3.8) is 0 Å². The number of benzene rings is 2. The van der Waals surface area contributed by atoms with Gasteiger partial charge in [0.15, 0.2) is 0 Å². The molecule has 0 bridgehead atoms. The summed E-state index contributed by atoms with van der Waals surface area (Å²) in [4.78, 5) is 25.9. The molecule has 0 spiro atoms. The number of hydrogen-bond donors (Lipinski definition) is 1. The molecule has 2 amide bonds. The van der Waals surface area contributed by atoms with Crippen molar-refractivity contribution in [2.75, 3.05) is 25.0 Å². The monoisotopic (exact) mass is 388 g/mol. The quantitative estimate of drug-likeness (QED) is 0.701. The van der Waals surface area contributed by atoms with Crippen LogP contribution in [0, 0.1) is 0 Å². The fraction of sp³-hybridized carbons (Fsp3) is 0.333. The lowest BCUT2D eigenvalue weighted by Crippen LogP contribution is -2.33. The third kappa shape index (κ3) is 6.94. The normalized spacial score (nSPS) is 10.3. The maximum Gasteiger partial charge on any atom is 0.226 e. The minimum Gasteiger partial charge on any atom is -0.492 e. The maximum atomic E-state index is 12.3. The van der Waals surface area contributed by atoms with Crippen LogP contribution in [0.2, 0.25) is 5.02 Å². The van der Waals surface area contributed by atoms with E-state index >= 15 is 0 Å². The zero-order valence-corrected chi connectivity index (χ0v) is 16.5. The predicted octanol–water partition coefficient (Wildman–Crippen LogP) is 4.16. The number of hydrogen-bond acceptors (Lipinski definition) is 3. The molecule has 0 fully saturated rings. The Bertz CT molecular complexity index is 762. The molecule has 0 aliphatic carbocycles. The zero-order valence-electron chi connectivity index (χ0n) is 15.7. The number of anilines is 1. The highest BCUT2D eigenvalue weighted by Crippen LogP contribution is 2.23. The summed E-state index contributed by atoms with van der Waals surface area (Å²) >= 11 is 5.89. The number of carbonyl (C=O) groups is 2. The van der Waals surface area contributed by atoms with Gasteiger partial charge in [-0.1, -0.05) is 35.9 Å². The van der Waals surface area contributed by atoms with Crippen molar-refractivity contribution in [1.82, 2.24) is 4.90 Å². The molecule has 2 aromatic rings. The van der Waals surface area contributed by atoms with Gasteiger partial charge in [-0.15, -0.1) is 0 Å². The van der Waals surface area contributed by atoms with Crippen LogP contribution in [0.3, 0.4) is 0 Å². The second-order valence-corrected chi connectivity index (χ2v) is 6.55. The Balaban J connectivity index is 1.87. The molecule has 144 valence electrons. The minimum atomic E-state index is -0.153. The Hall–Kier alpha value is -2.53. The summed E-state index contributed by atoms with van der Waals surface area (Å²) < 4.78 is 5.51. The molecule has 0 aliphatic heterocycles. The van der Waals surface area contributed by atoms with E-state index < -0.39 is 0 Å². The lowest BCUT2D eigenvalue weighted by molar-refractivity contribution is -0.129. The van der Waals surface area contributed by atoms with Gasteiger partial charge in [-0.05, 0) is 43.2 Å². The molecule has 2 rings (SSSR count). The van der Waals surface area contributed by atoms with Crippen molar-refractivity contribution in [2.45, 2.75) is 26.7 Å². The largest absolute Gasteiger partial charge is 0.492 e. The van der Waals surface area contributed by atoms with Gasteiger partial charge in [0.1, 0.15) is 5.75 Å². The average molecular weight is 389 g/mol. The van der Waals surface area contributed by atoms with E-state index in [4.69, 9.17) is 16.3 Å². The van der Waals surface area contributed by atoms with E-state index in [1.54, 1.807) is 11.0 Å². The Morgan fingerprint density at radius 2 is 1.78 bits per heavy atom. The molecule has 0 radical (unpaired) electrons. The average Bonchev–Trinajstić information content (AvgIpc) is 2.64. The SMILES string of the molecule is CCOc1ccccc1NC(=O)CCN(CCc1ccc(Cl)cc1)C(C)=O. The van der Waals surface area contributed by atoms with Gasteiger partial charge in [0.25, 0.3) is 0 Å². The summed E-state index contributed by atoms with van der Waals surface area (Å²) in [5.41, 5.74) is 1.74. The van der Waals surface area contributed by atoms with Crippen LogP contribution < -0.4 is 10.1 Å². The summed E-state index contributed by atoms with van der Waals surface area (Å²) in [6.07, 6.45) is 0.937. The summed E-state index contributed by atoms with van der Waals surface area (Å²) in [6, 6.07) is 14.9. The number of carbonyl (C=O) groups excluding carboxylic acids is 2. The number of amides is 2. The van der Waals surface area contributed by atoms with Gasteiger partial charge in [0.05, 0.1) is 12.3 Å². The molecule has 0 unspecified atom stereocenters. The highest BCUT2D eigenvalue weighted by Gasteiger charge is 2.13. The summed E-state index contributed by atoms with van der Waals surface area (Å²) in [5, 5.41) is 3.54. The number of nitrogens with zero attached hydrogens (tertiary/aromatic N) is 1. The third-order valence-electron chi connectivity index (χ3n) is 4.10. The molecule has 0 aliphatic rings. The van der Waals surface area contributed by atoms with E-state index in [1.165, 1.54) is 6.92 Å². The van der Waals surface area contributed by atoms with Crippen LogP contribution in [0.15, 0.2) is 48.5 Å². The van der Waals surface area contributed by atoms with E-state index in [0.29, 0.717) is 42.6 Å². The van der Waals surface area contributed by atoms with Crippen molar-refractivity contribution in [2.24, 2.45) is 0 Å². The van der Waals surface area contributed by atoms with Gasteiger partial charge < -0.3 is 15.0 Å². The van der Waals surface area contributed by atoms with Gasteiger partial charge in [0.2, 0.25) is 11.8 Å². The lowest BCUT2D eigenvalue weighted by Gasteiger charge is -2.21. The Kier molecular flexibility index (Phi) is 8.14. The van der Waals surface area contributed by atoms with Crippen molar-refractivity contribution in [3.05, 3.63) is 59.1 Å². The fourth-order valence-corrected chi connectivity index (χ4v) is 2.77. The van der Waals surface area contributed by atoms with E-state index in [2.05, 4.69) is 5.32 Å². The van der Waals surface area contributed by atoms with Crippen molar-refractivity contribution in [3.8, 4) is 5.75 Å². The van der Waals surface area contributed by atoms with Crippen LogP contribution in [-0.4, -0.2) is 36.4 Å². The molecular weight excluding hydrogens is 364 g/mol. The van der Waals surface area contributed by atoms with Gasteiger partial charge in [-0.25, -0.2) is 0 Å². The second kappa shape index (κ2) is 10.6. The summed E-state index contributed by atoms with van der Waals surface area (Å²) in [6.45, 7) is 4.86. The van der Waals surface area contributed by atoms with Crippen LogP contribution >= 0.6 is 11.6 Å². The van der Waals surface area contributed by atoms with Crippen LogP contribution in [0.5, 0.6) is 5.75 Å². The van der Waals surface area contributed by atoms with Crippen LogP contribution in [0.4, 0.5) is 5.69 Å². The molecule has 0 saturated carbocycles. The molecule has 27 heavy (non-hydrogen) atoms. The first-order valence-electron chi connectivity index (χ1n) is 9.01. The Labute approximate surface area is 165 Å². The highest BCUT2D eigenvalue weighted by molar-refractivity contribution is 6.30. The molecule has 1 N–H and O–H groups in total. The maximum absolute atomic E-state index is 12.3. The first-order valence-corrected chi connectivity index (χ1v) is 9.39. The van der Waals surface area contributed by atoms with Crippen LogP contribution in [0.25, 0.3) is 0 Å². The summed E-state index contributed by atoms with van der Waals surface area (Å²) in [5.74, 6) is 0.436. The van der Waals surface area contributed by atoms with Crippen molar-refractivity contribution >= 4 is 29.1 Å². The molecule has 2 aromatic carbocycles. The molecule has 0 atom stereocenters. The summed E-state index contributed by atoms with van der Waals surface area (Å²) in [7, 11) is 0. The van der Waals surface area contributed by atoms with Gasteiger partial charge in [-0.3, -0.25) is 9.59 Å². The van der Waals surface area contributed by atoms with E-state index in [0.717, 1.165) is 5.56 Å².